The summed E-state index contributed by atoms with van der Waals surface area (Å²) in [5, 5.41) is 0.788. The third-order valence-electron chi connectivity index (χ3n) is 4.23. The molecule has 0 bridgehead atoms. The summed E-state index contributed by atoms with van der Waals surface area (Å²) >= 11 is 5.99. The standard InChI is InChI=1S/C16H25ClN2/c1-3-19(15-6-4-5-7-15)16(12(2)18)13-8-10-14(17)11-9-13/h8-12,15-16H,3-7,18H2,1-2H3. The highest BCUT2D eigenvalue weighted by molar-refractivity contribution is 6.30. The second-order valence-electron chi connectivity index (χ2n) is 5.62. The van der Waals surface area contributed by atoms with Gasteiger partial charge in [0.2, 0.25) is 0 Å². The van der Waals surface area contributed by atoms with Crippen LogP contribution in [0.4, 0.5) is 0 Å². The highest BCUT2D eigenvalue weighted by atomic mass is 35.5. The summed E-state index contributed by atoms with van der Waals surface area (Å²) in [6.45, 7) is 5.40. The van der Waals surface area contributed by atoms with Gasteiger partial charge >= 0.3 is 0 Å². The number of nitrogens with zero attached hydrogens (tertiary/aromatic N) is 1. The molecule has 0 saturated heterocycles. The molecule has 3 heteroatoms. The fraction of sp³-hybridized carbons (Fsp3) is 0.625. The van der Waals surface area contributed by atoms with Crippen LogP contribution in [0.2, 0.25) is 5.02 Å². The summed E-state index contributed by atoms with van der Waals surface area (Å²) in [7, 11) is 0. The summed E-state index contributed by atoms with van der Waals surface area (Å²) in [6.07, 6.45) is 5.33. The normalized spacial score (nSPS) is 19.8. The van der Waals surface area contributed by atoms with E-state index in [4.69, 9.17) is 17.3 Å². The highest BCUT2D eigenvalue weighted by Crippen LogP contribution is 2.32. The number of benzene rings is 1. The van der Waals surface area contributed by atoms with Crippen molar-refractivity contribution in [3.63, 3.8) is 0 Å². The zero-order valence-electron chi connectivity index (χ0n) is 12.0. The minimum absolute atomic E-state index is 0.127. The Kier molecular flexibility index (Phi) is 5.26. The van der Waals surface area contributed by atoms with Gasteiger partial charge in [0, 0.05) is 23.1 Å². The van der Waals surface area contributed by atoms with Gasteiger partial charge in [0.1, 0.15) is 0 Å². The van der Waals surface area contributed by atoms with Gasteiger partial charge in [0.25, 0.3) is 0 Å². The average molecular weight is 281 g/mol. The maximum Gasteiger partial charge on any atom is 0.0499 e. The topological polar surface area (TPSA) is 29.3 Å². The summed E-state index contributed by atoms with van der Waals surface area (Å²) in [4.78, 5) is 2.58. The van der Waals surface area contributed by atoms with Gasteiger partial charge in [-0.15, -0.1) is 0 Å². The highest BCUT2D eigenvalue weighted by Gasteiger charge is 2.30. The van der Waals surface area contributed by atoms with Gasteiger partial charge in [0.05, 0.1) is 0 Å². The van der Waals surface area contributed by atoms with Gasteiger partial charge in [-0.2, -0.15) is 0 Å². The van der Waals surface area contributed by atoms with Crippen LogP contribution < -0.4 is 5.73 Å². The second-order valence-corrected chi connectivity index (χ2v) is 6.06. The number of rotatable bonds is 5. The van der Waals surface area contributed by atoms with Crippen molar-refractivity contribution < 1.29 is 0 Å². The van der Waals surface area contributed by atoms with Crippen LogP contribution in [0.25, 0.3) is 0 Å². The predicted molar refractivity (Wildman–Crippen MR) is 82.5 cm³/mol. The van der Waals surface area contributed by atoms with Crippen LogP contribution in [0, 0.1) is 0 Å². The number of hydrogen-bond acceptors (Lipinski definition) is 2. The fourth-order valence-electron chi connectivity index (χ4n) is 3.37. The van der Waals surface area contributed by atoms with Crippen LogP contribution in [0.3, 0.4) is 0 Å². The molecular weight excluding hydrogens is 256 g/mol. The van der Waals surface area contributed by atoms with Gasteiger partial charge in [-0.1, -0.05) is 43.5 Å². The first-order valence-corrected chi connectivity index (χ1v) is 7.78. The Labute approximate surface area is 121 Å². The van der Waals surface area contributed by atoms with Crippen molar-refractivity contribution in [2.75, 3.05) is 6.54 Å². The first-order chi connectivity index (χ1) is 9.13. The lowest BCUT2D eigenvalue weighted by molar-refractivity contribution is 0.127. The van der Waals surface area contributed by atoms with Crippen LogP contribution in [0.1, 0.15) is 51.1 Å². The van der Waals surface area contributed by atoms with Crippen LogP contribution in [0.15, 0.2) is 24.3 Å². The van der Waals surface area contributed by atoms with E-state index < -0.39 is 0 Å². The molecule has 19 heavy (non-hydrogen) atoms. The molecule has 106 valence electrons. The summed E-state index contributed by atoms with van der Waals surface area (Å²) < 4.78 is 0. The molecule has 0 amide bonds. The molecule has 2 rings (SSSR count). The SMILES string of the molecule is CCN(C1CCCC1)C(c1ccc(Cl)cc1)C(C)N. The number of nitrogens with two attached hydrogens (primary N) is 1. The van der Waals surface area contributed by atoms with E-state index in [2.05, 4.69) is 30.9 Å². The van der Waals surface area contributed by atoms with E-state index in [0.29, 0.717) is 12.1 Å². The molecule has 0 aromatic heterocycles. The summed E-state index contributed by atoms with van der Waals surface area (Å²) in [5.41, 5.74) is 7.56. The molecule has 0 spiro atoms. The molecule has 0 heterocycles. The Hall–Kier alpha value is -0.570. The molecule has 0 radical (unpaired) electrons. The Morgan fingerprint density at radius 2 is 1.84 bits per heavy atom. The zero-order chi connectivity index (χ0) is 13.8. The first kappa shape index (κ1) is 14.8. The summed E-state index contributed by atoms with van der Waals surface area (Å²) in [5.74, 6) is 0. The number of hydrogen-bond donors (Lipinski definition) is 1. The van der Waals surface area contributed by atoms with E-state index in [1.807, 2.05) is 12.1 Å². The van der Waals surface area contributed by atoms with Gasteiger partial charge in [-0.25, -0.2) is 0 Å². The predicted octanol–water partition coefficient (Wildman–Crippen LogP) is 3.99. The second kappa shape index (κ2) is 6.74. The van der Waals surface area contributed by atoms with Gasteiger partial charge in [0.15, 0.2) is 0 Å². The number of likely N-dealkylation sites (N-methyl/N-ethyl adjacent to an activating group) is 1. The van der Waals surface area contributed by atoms with Crippen molar-refractivity contribution in [1.29, 1.82) is 0 Å². The van der Waals surface area contributed by atoms with Crippen molar-refractivity contribution >= 4 is 11.6 Å². The van der Waals surface area contributed by atoms with Crippen molar-refractivity contribution in [2.24, 2.45) is 5.73 Å². The van der Waals surface area contributed by atoms with Crippen molar-refractivity contribution in [3.8, 4) is 0 Å². The van der Waals surface area contributed by atoms with Crippen molar-refractivity contribution in [1.82, 2.24) is 4.90 Å². The third-order valence-corrected chi connectivity index (χ3v) is 4.48. The molecule has 1 fully saturated rings. The minimum atomic E-state index is 0.127. The average Bonchev–Trinajstić information content (AvgIpc) is 2.90. The van der Waals surface area contributed by atoms with E-state index in [9.17, 15) is 0 Å². The Bertz CT molecular complexity index is 382. The minimum Gasteiger partial charge on any atom is -0.326 e. The van der Waals surface area contributed by atoms with E-state index in [0.717, 1.165) is 11.6 Å². The first-order valence-electron chi connectivity index (χ1n) is 7.40. The van der Waals surface area contributed by atoms with E-state index in [1.165, 1.54) is 31.2 Å². The molecule has 1 saturated carbocycles. The molecule has 1 aliphatic rings. The van der Waals surface area contributed by atoms with Gasteiger partial charge in [-0.3, -0.25) is 4.90 Å². The van der Waals surface area contributed by atoms with Gasteiger partial charge in [-0.05, 0) is 44.0 Å². The molecule has 2 N–H and O–H groups in total. The number of halogens is 1. The summed E-state index contributed by atoms with van der Waals surface area (Å²) in [6, 6.07) is 9.29. The monoisotopic (exact) mass is 280 g/mol. The van der Waals surface area contributed by atoms with Crippen LogP contribution >= 0.6 is 11.6 Å². The smallest absolute Gasteiger partial charge is 0.0499 e. The third kappa shape index (κ3) is 3.50. The molecule has 0 aliphatic heterocycles. The van der Waals surface area contributed by atoms with Crippen LogP contribution in [-0.2, 0) is 0 Å². The lowest BCUT2D eigenvalue weighted by Gasteiger charge is -2.38. The molecule has 1 aromatic carbocycles. The molecule has 2 atom stereocenters. The molecular formula is C16H25ClN2. The molecule has 2 nitrogen and oxygen atoms in total. The lowest BCUT2D eigenvalue weighted by atomic mass is 9.97. The Morgan fingerprint density at radius 3 is 2.32 bits per heavy atom. The Morgan fingerprint density at radius 1 is 1.26 bits per heavy atom. The maximum atomic E-state index is 6.28. The van der Waals surface area contributed by atoms with Crippen LogP contribution in [-0.4, -0.2) is 23.5 Å². The lowest BCUT2D eigenvalue weighted by Crippen LogP contribution is -2.44. The zero-order valence-corrected chi connectivity index (χ0v) is 12.7. The Balaban J connectivity index is 2.24. The van der Waals surface area contributed by atoms with E-state index in [-0.39, 0.29) is 6.04 Å². The van der Waals surface area contributed by atoms with E-state index >= 15 is 0 Å². The largest absolute Gasteiger partial charge is 0.326 e. The van der Waals surface area contributed by atoms with Gasteiger partial charge < -0.3 is 5.73 Å². The molecule has 2 unspecified atom stereocenters. The fourth-order valence-corrected chi connectivity index (χ4v) is 3.50. The molecule has 1 aliphatic carbocycles. The van der Waals surface area contributed by atoms with Crippen molar-refractivity contribution in [2.45, 2.75) is 57.7 Å². The van der Waals surface area contributed by atoms with E-state index in [1.54, 1.807) is 0 Å². The molecule has 1 aromatic rings. The van der Waals surface area contributed by atoms with Crippen LogP contribution in [0.5, 0.6) is 0 Å². The van der Waals surface area contributed by atoms with Crippen molar-refractivity contribution in [3.05, 3.63) is 34.9 Å². The quantitative estimate of drug-likeness (QED) is 0.883. The maximum absolute atomic E-state index is 6.28.